The minimum Gasteiger partial charge on any atom is -0.508 e. The van der Waals surface area contributed by atoms with Crippen LogP contribution in [0.5, 0.6) is 5.75 Å². The first kappa shape index (κ1) is 22.3. The molecule has 0 aliphatic rings. The first-order valence-corrected chi connectivity index (χ1v) is 8.71. The Balaban J connectivity index is 2.62. The van der Waals surface area contributed by atoms with Crippen LogP contribution in [0.15, 0.2) is 24.3 Å². The highest BCUT2D eigenvalue weighted by Crippen LogP contribution is 2.18. The van der Waals surface area contributed by atoms with Crippen LogP contribution >= 0.6 is 0 Å². The third-order valence-electron chi connectivity index (χ3n) is 3.81. The standard InChI is InChI=1S/C19H27NO7/c1-19(2,3)27-18(26)20-15(17(24)25)11-13(16(22)23)6-4-5-12-7-9-14(21)10-8-12/h7-10,13,15,21H,4-6,11H2,1-3H3,(H,20,26)(H,22,23)(H,24,25)/t13-,15+/m0/s1. The zero-order valence-corrected chi connectivity index (χ0v) is 15.8. The number of amides is 1. The van der Waals surface area contributed by atoms with E-state index in [1.165, 1.54) is 0 Å². The second-order valence-corrected chi connectivity index (χ2v) is 7.37. The Labute approximate surface area is 158 Å². The number of carbonyl (C=O) groups excluding carboxylic acids is 1. The second-order valence-electron chi connectivity index (χ2n) is 7.37. The maximum atomic E-state index is 11.8. The van der Waals surface area contributed by atoms with Gasteiger partial charge in [-0.05, 0) is 64.2 Å². The predicted octanol–water partition coefficient (Wildman–Crippen LogP) is 2.78. The lowest BCUT2D eigenvalue weighted by atomic mass is 9.93. The molecule has 8 heteroatoms. The van der Waals surface area contributed by atoms with Crippen molar-refractivity contribution < 1.29 is 34.4 Å². The van der Waals surface area contributed by atoms with Gasteiger partial charge >= 0.3 is 18.0 Å². The van der Waals surface area contributed by atoms with Crippen LogP contribution in [-0.4, -0.2) is 45.0 Å². The molecule has 1 rings (SSSR count). The molecule has 0 aromatic heterocycles. The van der Waals surface area contributed by atoms with Gasteiger partial charge in [-0.15, -0.1) is 0 Å². The van der Waals surface area contributed by atoms with E-state index in [1.54, 1.807) is 45.0 Å². The maximum Gasteiger partial charge on any atom is 0.408 e. The molecule has 1 aromatic carbocycles. The van der Waals surface area contributed by atoms with E-state index in [1.807, 2.05) is 0 Å². The molecule has 2 atom stereocenters. The molecular weight excluding hydrogens is 354 g/mol. The van der Waals surface area contributed by atoms with Gasteiger partial charge in [-0.3, -0.25) is 4.79 Å². The highest BCUT2D eigenvalue weighted by atomic mass is 16.6. The molecule has 0 aliphatic heterocycles. The number of ether oxygens (including phenoxy) is 1. The van der Waals surface area contributed by atoms with Gasteiger partial charge in [-0.1, -0.05) is 12.1 Å². The van der Waals surface area contributed by atoms with Gasteiger partial charge in [0.1, 0.15) is 17.4 Å². The predicted molar refractivity (Wildman–Crippen MR) is 97.6 cm³/mol. The Kier molecular flexibility index (Phi) is 8.08. The second kappa shape index (κ2) is 9.80. The molecule has 0 aliphatic carbocycles. The number of carboxylic acid groups (broad SMARTS) is 2. The SMILES string of the molecule is CC(C)(C)OC(=O)N[C@H](C[C@H](CCCc1ccc(O)cc1)C(=O)O)C(=O)O. The lowest BCUT2D eigenvalue weighted by Gasteiger charge is -2.23. The largest absolute Gasteiger partial charge is 0.508 e. The number of aromatic hydroxyl groups is 1. The van der Waals surface area contributed by atoms with E-state index < -0.39 is 35.6 Å². The highest BCUT2D eigenvalue weighted by Gasteiger charge is 2.29. The van der Waals surface area contributed by atoms with Crippen molar-refractivity contribution in [3.63, 3.8) is 0 Å². The van der Waals surface area contributed by atoms with Crippen molar-refractivity contribution >= 4 is 18.0 Å². The van der Waals surface area contributed by atoms with Gasteiger partial charge < -0.3 is 25.4 Å². The number of nitrogens with one attached hydrogen (secondary N) is 1. The zero-order chi connectivity index (χ0) is 20.6. The molecule has 0 spiro atoms. The van der Waals surface area contributed by atoms with Crippen LogP contribution in [0.3, 0.4) is 0 Å². The molecule has 0 unspecified atom stereocenters. The number of carboxylic acids is 2. The lowest BCUT2D eigenvalue weighted by molar-refractivity contribution is -0.144. The quantitative estimate of drug-likeness (QED) is 0.517. The molecule has 1 amide bonds. The van der Waals surface area contributed by atoms with E-state index in [9.17, 15) is 29.7 Å². The van der Waals surface area contributed by atoms with E-state index in [4.69, 9.17) is 4.74 Å². The number of carbonyl (C=O) groups is 3. The lowest BCUT2D eigenvalue weighted by Crippen LogP contribution is -2.45. The number of alkyl carbamates (subject to hydrolysis) is 1. The van der Waals surface area contributed by atoms with Gasteiger partial charge in [-0.25, -0.2) is 9.59 Å². The molecule has 150 valence electrons. The smallest absolute Gasteiger partial charge is 0.408 e. The van der Waals surface area contributed by atoms with Gasteiger partial charge in [0.05, 0.1) is 5.92 Å². The first-order chi connectivity index (χ1) is 12.5. The summed E-state index contributed by atoms with van der Waals surface area (Å²) >= 11 is 0. The number of phenolic OH excluding ortho intramolecular Hbond substituents is 1. The van der Waals surface area contributed by atoms with Crippen molar-refractivity contribution in [2.75, 3.05) is 0 Å². The molecule has 4 N–H and O–H groups in total. The van der Waals surface area contributed by atoms with Gasteiger partial charge in [0.25, 0.3) is 0 Å². The van der Waals surface area contributed by atoms with Crippen LogP contribution in [0.25, 0.3) is 0 Å². The summed E-state index contributed by atoms with van der Waals surface area (Å²) in [6.45, 7) is 4.93. The molecule has 27 heavy (non-hydrogen) atoms. The third-order valence-corrected chi connectivity index (χ3v) is 3.81. The summed E-state index contributed by atoms with van der Waals surface area (Å²) in [6.07, 6.45) is 0.250. The topological polar surface area (TPSA) is 133 Å². The molecule has 1 aromatic rings. The molecule has 0 heterocycles. The van der Waals surface area contributed by atoms with Crippen LogP contribution in [0.4, 0.5) is 4.79 Å². The van der Waals surface area contributed by atoms with Gasteiger partial charge in [0, 0.05) is 0 Å². The van der Waals surface area contributed by atoms with E-state index in [0.717, 1.165) is 5.56 Å². The molecular formula is C19H27NO7. The zero-order valence-electron chi connectivity index (χ0n) is 15.8. The Hall–Kier alpha value is -2.77. The molecule has 0 saturated carbocycles. The molecule has 0 saturated heterocycles. The number of benzene rings is 1. The number of aliphatic carboxylic acids is 2. The Morgan fingerprint density at radius 1 is 1.07 bits per heavy atom. The fourth-order valence-corrected chi connectivity index (χ4v) is 2.51. The fraction of sp³-hybridized carbons (Fsp3) is 0.526. The van der Waals surface area contributed by atoms with Crippen molar-refractivity contribution in [2.24, 2.45) is 5.92 Å². The summed E-state index contributed by atoms with van der Waals surface area (Å²) in [5.74, 6) is -3.19. The first-order valence-electron chi connectivity index (χ1n) is 8.71. The summed E-state index contributed by atoms with van der Waals surface area (Å²) in [4.78, 5) is 34.7. The van der Waals surface area contributed by atoms with Crippen molar-refractivity contribution in [1.29, 1.82) is 0 Å². The Morgan fingerprint density at radius 3 is 2.15 bits per heavy atom. The van der Waals surface area contributed by atoms with Gasteiger partial charge in [-0.2, -0.15) is 0 Å². The average Bonchev–Trinajstić information content (AvgIpc) is 2.52. The summed E-state index contributed by atoms with van der Waals surface area (Å²) in [5.41, 5.74) is 0.155. The third kappa shape index (κ3) is 8.94. The summed E-state index contributed by atoms with van der Waals surface area (Å²) in [7, 11) is 0. The Bertz CT molecular complexity index is 649. The normalized spacial score (nSPS) is 13.4. The monoisotopic (exact) mass is 381 g/mol. The van der Waals surface area contributed by atoms with Gasteiger partial charge in [0.15, 0.2) is 0 Å². The number of phenols is 1. The molecule has 0 fully saturated rings. The summed E-state index contributed by atoms with van der Waals surface area (Å²) in [5, 5.41) is 30.2. The number of hydrogen-bond donors (Lipinski definition) is 4. The van der Waals surface area contributed by atoms with Crippen LogP contribution < -0.4 is 5.32 Å². The van der Waals surface area contributed by atoms with E-state index in [0.29, 0.717) is 12.8 Å². The van der Waals surface area contributed by atoms with Gasteiger partial charge in [0.2, 0.25) is 0 Å². The molecule has 0 radical (unpaired) electrons. The number of aryl methyl sites for hydroxylation is 1. The summed E-state index contributed by atoms with van der Waals surface area (Å²) in [6, 6.07) is 5.24. The number of hydrogen-bond acceptors (Lipinski definition) is 5. The van der Waals surface area contributed by atoms with Crippen molar-refractivity contribution in [3.05, 3.63) is 29.8 Å². The minimum atomic E-state index is -1.35. The fourth-order valence-electron chi connectivity index (χ4n) is 2.51. The highest BCUT2D eigenvalue weighted by molar-refractivity contribution is 5.81. The average molecular weight is 381 g/mol. The maximum absolute atomic E-state index is 11.8. The van der Waals surface area contributed by atoms with E-state index in [-0.39, 0.29) is 18.6 Å². The molecule has 8 nitrogen and oxygen atoms in total. The molecule has 0 bridgehead atoms. The van der Waals surface area contributed by atoms with E-state index in [2.05, 4.69) is 5.32 Å². The van der Waals surface area contributed by atoms with Crippen molar-refractivity contribution in [3.8, 4) is 5.75 Å². The summed E-state index contributed by atoms with van der Waals surface area (Å²) < 4.78 is 5.03. The van der Waals surface area contributed by atoms with Crippen LogP contribution in [0, 0.1) is 5.92 Å². The van der Waals surface area contributed by atoms with Crippen molar-refractivity contribution in [2.45, 2.75) is 58.1 Å². The minimum absolute atomic E-state index is 0.152. The Morgan fingerprint density at radius 2 is 1.67 bits per heavy atom. The number of rotatable bonds is 9. The van der Waals surface area contributed by atoms with E-state index >= 15 is 0 Å². The van der Waals surface area contributed by atoms with Crippen LogP contribution in [0.2, 0.25) is 0 Å². The van der Waals surface area contributed by atoms with Crippen LogP contribution in [-0.2, 0) is 20.7 Å². The van der Waals surface area contributed by atoms with Crippen LogP contribution in [0.1, 0.15) is 45.6 Å². The van der Waals surface area contributed by atoms with Crippen molar-refractivity contribution in [1.82, 2.24) is 5.32 Å².